The van der Waals surface area contributed by atoms with E-state index in [1.54, 1.807) is 0 Å². The molecule has 0 saturated carbocycles. The zero-order valence-electron chi connectivity index (χ0n) is 12.2. The van der Waals surface area contributed by atoms with E-state index in [9.17, 15) is 0 Å². The molecule has 0 unspecified atom stereocenters. The van der Waals surface area contributed by atoms with Gasteiger partial charge in [0.2, 0.25) is 0 Å². The molecule has 1 aromatic rings. The smallest absolute Gasteiger partial charge is 0.0544 e. The summed E-state index contributed by atoms with van der Waals surface area (Å²) in [5, 5.41) is 0. The second kappa shape index (κ2) is 7.49. The molecule has 1 aromatic heterocycles. The molecule has 0 bridgehead atoms. The van der Waals surface area contributed by atoms with Crippen molar-refractivity contribution >= 4 is 0 Å². The van der Waals surface area contributed by atoms with Crippen molar-refractivity contribution < 1.29 is 0 Å². The van der Waals surface area contributed by atoms with E-state index in [1.807, 2.05) is 6.20 Å². The maximum Gasteiger partial charge on any atom is 0.0544 e. The minimum atomic E-state index is 0.564. The number of rotatable bonds is 7. The fourth-order valence-electron chi connectivity index (χ4n) is 2.13. The summed E-state index contributed by atoms with van der Waals surface area (Å²) in [7, 11) is 0. The maximum atomic E-state index is 5.58. The first-order valence-corrected chi connectivity index (χ1v) is 6.87. The van der Waals surface area contributed by atoms with E-state index in [0.29, 0.717) is 18.4 Å². The lowest BCUT2D eigenvalue weighted by Crippen LogP contribution is -2.31. The molecule has 0 atom stereocenters. The molecule has 0 aliphatic heterocycles. The maximum absolute atomic E-state index is 5.58. The fraction of sp³-hybridized carbons (Fsp3) is 0.667. The second-order valence-electron chi connectivity index (χ2n) is 5.84. The number of hydrogen-bond donors (Lipinski definition) is 1. The molecule has 3 heteroatoms. The molecular weight excluding hydrogens is 222 g/mol. The van der Waals surface area contributed by atoms with Gasteiger partial charge < -0.3 is 5.73 Å². The van der Waals surface area contributed by atoms with Crippen LogP contribution in [0.3, 0.4) is 0 Å². The Labute approximate surface area is 111 Å². The molecule has 0 spiro atoms. The minimum Gasteiger partial charge on any atom is -0.326 e. The Hall–Kier alpha value is -0.930. The SMILES string of the molecule is CC(C)CN(Cc1ccc(CN)cn1)CC(C)C. The van der Waals surface area contributed by atoms with Gasteiger partial charge in [-0.3, -0.25) is 9.88 Å². The quantitative estimate of drug-likeness (QED) is 0.808. The molecule has 0 amide bonds. The predicted molar refractivity (Wildman–Crippen MR) is 77.1 cm³/mol. The summed E-state index contributed by atoms with van der Waals surface area (Å²) >= 11 is 0. The van der Waals surface area contributed by atoms with E-state index in [-0.39, 0.29) is 0 Å². The van der Waals surface area contributed by atoms with Gasteiger partial charge in [0.25, 0.3) is 0 Å². The highest BCUT2D eigenvalue weighted by Crippen LogP contribution is 2.09. The number of hydrogen-bond acceptors (Lipinski definition) is 3. The predicted octanol–water partition coefficient (Wildman–Crippen LogP) is 2.65. The van der Waals surface area contributed by atoms with Crippen LogP contribution in [0.25, 0.3) is 0 Å². The summed E-state index contributed by atoms with van der Waals surface area (Å²) in [6.07, 6.45) is 1.89. The molecule has 0 fully saturated rings. The normalized spacial score (nSPS) is 11.8. The van der Waals surface area contributed by atoms with Crippen molar-refractivity contribution in [2.45, 2.75) is 40.8 Å². The van der Waals surface area contributed by atoms with Crippen LogP contribution >= 0.6 is 0 Å². The Bertz CT molecular complexity index is 320. The molecule has 0 aliphatic carbocycles. The largest absolute Gasteiger partial charge is 0.326 e. The Morgan fingerprint density at radius 1 is 1.11 bits per heavy atom. The molecule has 102 valence electrons. The zero-order valence-corrected chi connectivity index (χ0v) is 12.2. The molecule has 3 nitrogen and oxygen atoms in total. The molecule has 18 heavy (non-hydrogen) atoms. The van der Waals surface area contributed by atoms with Gasteiger partial charge in [0, 0.05) is 32.4 Å². The number of nitrogens with two attached hydrogens (primary N) is 1. The summed E-state index contributed by atoms with van der Waals surface area (Å²) in [6.45, 7) is 12.8. The molecule has 0 aliphatic rings. The third kappa shape index (κ3) is 5.61. The molecule has 0 saturated heterocycles. The monoisotopic (exact) mass is 249 g/mol. The van der Waals surface area contributed by atoms with Crippen molar-refractivity contribution in [1.82, 2.24) is 9.88 Å². The Morgan fingerprint density at radius 3 is 2.11 bits per heavy atom. The Balaban J connectivity index is 2.62. The van der Waals surface area contributed by atoms with Crippen LogP contribution in [0.5, 0.6) is 0 Å². The van der Waals surface area contributed by atoms with Crippen LogP contribution in [0, 0.1) is 11.8 Å². The highest BCUT2D eigenvalue weighted by molar-refractivity contribution is 5.13. The first kappa shape index (κ1) is 15.1. The van der Waals surface area contributed by atoms with Crippen molar-refractivity contribution in [3.05, 3.63) is 29.6 Å². The highest BCUT2D eigenvalue weighted by Gasteiger charge is 2.10. The lowest BCUT2D eigenvalue weighted by Gasteiger charge is -2.25. The van der Waals surface area contributed by atoms with Crippen LogP contribution in [0.1, 0.15) is 39.0 Å². The lowest BCUT2D eigenvalue weighted by atomic mass is 10.1. The van der Waals surface area contributed by atoms with Crippen LogP contribution in [-0.2, 0) is 13.1 Å². The van der Waals surface area contributed by atoms with Gasteiger partial charge in [-0.15, -0.1) is 0 Å². The second-order valence-corrected chi connectivity index (χ2v) is 5.84. The van der Waals surface area contributed by atoms with E-state index >= 15 is 0 Å². The van der Waals surface area contributed by atoms with Gasteiger partial charge >= 0.3 is 0 Å². The van der Waals surface area contributed by atoms with Crippen LogP contribution < -0.4 is 5.73 Å². The molecule has 1 heterocycles. The summed E-state index contributed by atoms with van der Waals surface area (Å²) < 4.78 is 0. The van der Waals surface area contributed by atoms with Gasteiger partial charge in [-0.2, -0.15) is 0 Å². The van der Waals surface area contributed by atoms with Crippen molar-refractivity contribution in [3.8, 4) is 0 Å². The van der Waals surface area contributed by atoms with Gasteiger partial charge in [0.1, 0.15) is 0 Å². The van der Waals surface area contributed by atoms with Gasteiger partial charge in [0.05, 0.1) is 5.69 Å². The fourth-order valence-corrected chi connectivity index (χ4v) is 2.13. The van der Waals surface area contributed by atoms with E-state index in [4.69, 9.17) is 5.73 Å². The summed E-state index contributed by atoms with van der Waals surface area (Å²) in [5.74, 6) is 1.37. The first-order valence-electron chi connectivity index (χ1n) is 6.87. The van der Waals surface area contributed by atoms with Gasteiger partial charge in [-0.1, -0.05) is 33.8 Å². The van der Waals surface area contributed by atoms with Crippen molar-refractivity contribution in [2.24, 2.45) is 17.6 Å². The topological polar surface area (TPSA) is 42.1 Å². The van der Waals surface area contributed by atoms with E-state index in [0.717, 1.165) is 30.9 Å². The van der Waals surface area contributed by atoms with Crippen LogP contribution in [0.15, 0.2) is 18.3 Å². The summed E-state index contributed by atoms with van der Waals surface area (Å²) in [5.41, 5.74) is 7.81. The van der Waals surface area contributed by atoms with E-state index in [1.165, 1.54) is 0 Å². The molecule has 0 aromatic carbocycles. The van der Waals surface area contributed by atoms with Gasteiger partial charge in [-0.05, 0) is 23.5 Å². The first-order chi connectivity index (χ1) is 8.51. The average molecular weight is 249 g/mol. The van der Waals surface area contributed by atoms with Crippen molar-refractivity contribution in [1.29, 1.82) is 0 Å². The number of nitrogens with zero attached hydrogens (tertiary/aromatic N) is 2. The van der Waals surface area contributed by atoms with Crippen LogP contribution in [-0.4, -0.2) is 23.0 Å². The third-order valence-electron chi connectivity index (χ3n) is 2.75. The average Bonchev–Trinajstić information content (AvgIpc) is 2.28. The molecule has 1 rings (SSSR count). The zero-order chi connectivity index (χ0) is 13.5. The Morgan fingerprint density at radius 2 is 1.72 bits per heavy atom. The van der Waals surface area contributed by atoms with Crippen molar-refractivity contribution in [3.63, 3.8) is 0 Å². The number of pyridine rings is 1. The van der Waals surface area contributed by atoms with Crippen molar-refractivity contribution in [2.75, 3.05) is 13.1 Å². The van der Waals surface area contributed by atoms with Crippen LogP contribution in [0.4, 0.5) is 0 Å². The lowest BCUT2D eigenvalue weighted by molar-refractivity contribution is 0.209. The molecular formula is C15H27N3. The van der Waals surface area contributed by atoms with Crippen LogP contribution in [0.2, 0.25) is 0 Å². The molecule has 2 N–H and O–H groups in total. The summed E-state index contributed by atoms with van der Waals surface area (Å²) in [6, 6.07) is 4.17. The van der Waals surface area contributed by atoms with E-state index < -0.39 is 0 Å². The van der Waals surface area contributed by atoms with Gasteiger partial charge in [0.15, 0.2) is 0 Å². The summed E-state index contributed by atoms with van der Waals surface area (Å²) in [4.78, 5) is 6.97. The molecule has 0 radical (unpaired) electrons. The minimum absolute atomic E-state index is 0.564. The van der Waals surface area contributed by atoms with E-state index in [2.05, 4.69) is 49.7 Å². The third-order valence-corrected chi connectivity index (χ3v) is 2.75. The Kier molecular flexibility index (Phi) is 6.30. The van der Waals surface area contributed by atoms with Gasteiger partial charge in [-0.25, -0.2) is 0 Å². The standard InChI is InChI=1S/C15H27N3/c1-12(2)9-18(10-13(3)4)11-15-6-5-14(7-16)8-17-15/h5-6,8,12-13H,7,9-11,16H2,1-4H3. The highest BCUT2D eigenvalue weighted by atomic mass is 15.1. The number of aromatic nitrogens is 1.